The van der Waals surface area contributed by atoms with Crippen LogP contribution in [0.2, 0.25) is 0 Å². The Balaban J connectivity index is 1.33. The van der Waals surface area contributed by atoms with Crippen LogP contribution < -0.4 is 29.0 Å². The second-order valence-corrected chi connectivity index (χ2v) is 9.04. The lowest BCUT2D eigenvalue weighted by Gasteiger charge is -2.12. The van der Waals surface area contributed by atoms with Gasteiger partial charge in [0.1, 0.15) is 11.5 Å². The van der Waals surface area contributed by atoms with Gasteiger partial charge in [0.2, 0.25) is 0 Å². The Bertz CT molecular complexity index is 1240. The Morgan fingerprint density at radius 2 is 1.53 bits per heavy atom. The van der Waals surface area contributed by atoms with Gasteiger partial charge in [0, 0.05) is 23.9 Å². The van der Waals surface area contributed by atoms with Crippen LogP contribution in [0.15, 0.2) is 71.6 Å². The van der Waals surface area contributed by atoms with Gasteiger partial charge in [-0.1, -0.05) is 0 Å². The summed E-state index contributed by atoms with van der Waals surface area (Å²) in [5.74, 6) is 1.80. The topological polar surface area (TPSA) is 112 Å². The number of hydrogen-bond donors (Lipinski definition) is 2. The van der Waals surface area contributed by atoms with E-state index in [2.05, 4.69) is 10.0 Å². The molecule has 3 aromatic carbocycles. The number of carbonyl (C=O) groups is 1. The summed E-state index contributed by atoms with van der Waals surface area (Å²) in [6.07, 6.45) is 0.728. The molecule has 0 fully saturated rings. The molecule has 1 amide bonds. The molecular weight excluding hydrogens is 460 g/mol. The highest BCUT2D eigenvalue weighted by Crippen LogP contribution is 2.32. The molecule has 0 saturated heterocycles. The normalized spacial score (nSPS) is 12.9. The summed E-state index contributed by atoms with van der Waals surface area (Å²) in [7, 11) is -2.27. The van der Waals surface area contributed by atoms with Crippen molar-refractivity contribution >= 4 is 27.3 Å². The highest BCUT2D eigenvalue weighted by atomic mass is 32.2. The van der Waals surface area contributed by atoms with Gasteiger partial charge < -0.3 is 24.3 Å². The number of sulfonamides is 1. The van der Waals surface area contributed by atoms with E-state index in [4.69, 9.17) is 18.9 Å². The van der Waals surface area contributed by atoms with Crippen LogP contribution in [-0.2, 0) is 14.8 Å². The van der Waals surface area contributed by atoms with Gasteiger partial charge in [-0.25, -0.2) is 8.42 Å². The minimum atomic E-state index is -3.84. The van der Waals surface area contributed by atoms with Crippen LogP contribution in [-0.4, -0.2) is 41.3 Å². The van der Waals surface area contributed by atoms with Gasteiger partial charge >= 0.3 is 0 Å². The number of carbonyl (C=O) groups excluding carboxylic acids is 1. The number of benzene rings is 3. The molecule has 4 rings (SSSR count). The number of fused-ring (bicyclic) bond motifs is 1. The van der Waals surface area contributed by atoms with E-state index in [0.29, 0.717) is 47.6 Å². The molecule has 2 N–H and O–H groups in total. The Kier molecular flexibility index (Phi) is 7.07. The minimum absolute atomic E-state index is 0.0600. The minimum Gasteiger partial charge on any atom is -0.497 e. The molecule has 0 atom stereocenters. The van der Waals surface area contributed by atoms with Crippen molar-refractivity contribution in [3.63, 3.8) is 0 Å². The lowest BCUT2D eigenvalue weighted by molar-refractivity contribution is -0.118. The first kappa shape index (κ1) is 23.2. The Morgan fingerprint density at radius 1 is 0.882 bits per heavy atom. The molecule has 0 radical (unpaired) electrons. The van der Waals surface area contributed by atoms with Crippen molar-refractivity contribution in [2.24, 2.45) is 0 Å². The Morgan fingerprint density at radius 3 is 2.24 bits per heavy atom. The molecule has 0 unspecified atom stereocenters. The maximum Gasteiger partial charge on any atom is 0.262 e. The molecule has 178 valence electrons. The van der Waals surface area contributed by atoms with Gasteiger partial charge in [-0.2, -0.15) is 0 Å². The van der Waals surface area contributed by atoms with Crippen LogP contribution in [0.1, 0.15) is 6.42 Å². The van der Waals surface area contributed by atoms with Gasteiger partial charge in [-0.15, -0.1) is 0 Å². The largest absolute Gasteiger partial charge is 0.497 e. The van der Waals surface area contributed by atoms with Crippen LogP contribution in [0.25, 0.3) is 0 Å². The number of methoxy groups -OCH3 is 1. The highest BCUT2D eigenvalue weighted by molar-refractivity contribution is 7.92. The summed E-state index contributed by atoms with van der Waals surface area (Å²) < 4.78 is 49.7. The zero-order chi connectivity index (χ0) is 24.0. The van der Waals surface area contributed by atoms with Crippen molar-refractivity contribution < 1.29 is 32.2 Å². The van der Waals surface area contributed by atoms with Crippen LogP contribution >= 0.6 is 0 Å². The number of rotatable bonds is 8. The second kappa shape index (κ2) is 10.3. The van der Waals surface area contributed by atoms with E-state index in [1.165, 1.54) is 12.1 Å². The first-order valence-electron chi connectivity index (χ1n) is 10.5. The third-order valence-corrected chi connectivity index (χ3v) is 6.26. The standard InChI is InChI=1S/C24H24N2O7S/c1-30-19-7-9-20(10-8-19)33-16-24(27)25-17-3-5-18(6-4-17)26-34(28,29)21-11-12-22-23(15-21)32-14-2-13-31-22/h3-12,15,26H,2,13-14,16H2,1H3,(H,25,27). The number of anilines is 2. The van der Waals surface area contributed by atoms with Crippen molar-refractivity contribution in [3.8, 4) is 23.0 Å². The summed E-state index contributed by atoms with van der Waals surface area (Å²) in [6, 6.07) is 17.7. The van der Waals surface area contributed by atoms with Gasteiger partial charge in [-0.05, 0) is 60.7 Å². The fraction of sp³-hybridized carbons (Fsp3) is 0.208. The van der Waals surface area contributed by atoms with Crippen LogP contribution in [0.4, 0.5) is 11.4 Å². The Hall–Kier alpha value is -3.92. The summed E-state index contributed by atoms with van der Waals surface area (Å²) in [5, 5.41) is 2.70. The molecule has 0 aliphatic carbocycles. The molecule has 1 aliphatic rings. The number of ether oxygens (including phenoxy) is 4. The number of hydrogen-bond acceptors (Lipinski definition) is 7. The fourth-order valence-electron chi connectivity index (χ4n) is 3.16. The van der Waals surface area contributed by atoms with E-state index < -0.39 is 10.0 Å². The molecule has 0 spiro atoms. The molecule has 0 aromatic heterocycles. The van der Waals surface area contributed by atoms with E-state index in [0.717, 1.165) is 6.42 Å². The predicted octanol–water partition coefficient (Wildman–Crippen LogP) is 3.67. The van der Waals surface area contributed by atoms with Crippen molar-refractivity contribution in [2.45, 2.75) is 11.3 Å². The van der Waals surface area contributed by atoms with E-state index in [9.17, 15) is 13.2 Å². The number of amides is 1. The zero-order valence-electron chi connectivity index (χ0n) is 18.4. The van der Waals surface area contributed by atoms with Crippen LogP contribution in [0.5, 0.6) is 23.0 Å². The average Bonchev–Trinajstić information content (AvgIpc) is 3.09. The fourth-order valence-corrected chi connectivity index (χ4v) is 4.24. The highest BCUT2D eigenvalue weighted by Gasteiger charge is 2.19. The van der Waals surface area contributed by atoms with Gasteiger partial charge in [-0.3, -0.25) is 9.52 Å². The van der Waals surface area contributed by atoms with Crippen molar-refractivity contribution in [1.82, 2.24) is 0 Å². The predicted molar refractivity (Wildman–Crippen MR) is 126 cm³/mol. The molecular formula is C24H24N2O7S. The lowest BCUT2D eigenvalue weighted by atomic mass is 10.3. The molecule has 3 aromatic rings. The van der Waals surface area contributed by atoms with E-state index in [1.807, 2.05) is 0 Å². The zero-order valence-corrected chi connectivity index (χ0v) is 19.3. The number of nitrogens with one attached hydrogen (secondary N) is 2. The molecule has 9 nitrogen and oxygen atoms in total. The Labute approximate surface area is 197 Å². The third-order valence-electron chi connectivity index (χ3n) is 4.88. The quantitative estimate of drug-likeness (QED) is 0.502. The monoisotopic (exact) mass is 484 g/mol. The molecule has 1 aliphatic heterocycles. The molecule has 0 bridgehead atoms. The van der Waals surface area contributed by atoms with Gasteiger partial charge in [0.25, 0.3) is 15.9 Å². The molecule has 0 saturated carbocycles. The van der Waals surface area contributed by atoms with Gasteiger partial charge in [0.05, 0.1) is 25.2 Å². The summed E-state index contributed by atoms with van der Waals surface area (Å²) in [4.78, 5) is 12.2. The summed E-state index contributed by atoms with van der Waals surface area (Å²) >= 11 is 0. The summed E-state index contributed by atoms with van der Waals surface area (Å²) in [5.41, 5.74) is 0.849. The second-order valence-electron chi connectivity index (χ2n) is 7.35. The lowest BCUT2D eigenvalue weighted by Crippen LogP contribution is -2.20. The van der Waals surface area contributed by atoms with E-state index in [1.54, 1.807) is 61.7 Å². The van der Waals surface area contributed by atoms with Crippen LogP contribution in [0.3, 0.4) is 0 Å². The smallest absolute Gasteiger partial charge is 0.262 e. The average molecular weight is 485 g/mol. The molecule has 10 heteroatoms. The first-order chi connectivity index (χ1) is 16.4. The SMILES string of the molecule is COc1ccc(OCC(=O)Nc2ccc(NS(=O)(=O)c3ccc4c(c3)OCCCO4)cc2)cc1. The molecule has 34 heavy (non-hydrogen) atoms. The maximum atomic E-state index is 12.8. The third kappa shape index (κ3) is 5.90. The first-order valence-corrected chi connectivity index (χ1v) is 12.0. The van der Waals surface area contributed by atoms with Crippen LogP contribution in [0, 0.1) is 0 Å². The maximum absolute atomic E-state index is 12.8. The van der Waals surface area contributed by atoms with Crippen molar-refractivity contribution in [1.29, 1.82) is 0 Å². The summed E-state index contributed by atoms with van der Waals surface area (Å²) in [6.45, 7) is 0.806. The molecule has 1 heterocycles. The van der Waals surface area contributed by atoms with Crippen molar-refractivity contribution in [2.75, 3.05) is 37.0 Å². The van der Waals surface area contributed by atoms with Crippen molar-refractivity contribution in [3.05, 3.63) is 66.7 Å². The van der Waals surface area contributed by atoms with E-state index in [-0.39, 0.29) is 17.4 Å². The van der Waals surface area contributed by atoms with E-state index >= 15 is 0 Å². The van der Waals surface area contributed by atoms with Gasteiger partial charge in [0.15, 0.2) is 18.1 Å².